The van der Waals surface area contributed by atoms with Gasteiger partial charge >= 0.3 is 5.97 Å². The summed E-state index contributed by atoms with van der Waals surface area (Å²) in [5.74, 6) is -0.152. The van der Waals surface area contributed by atoms with Gasteiger partial charge in [0, 0.05) is 0 Å². The Balaban J connectivity index is 2.07. The van der Waals surface area contributed by atoms with Crippen molar-refractivity contribution in [3.8, 4) is 0 Å². The van der Waals surface area contributed by atoms with Crippen molar-refractivity contribution in [2.75, 3.05) is 0 Å². The van der Waals surface area contributed by atoms with Crippen molar-refractivity contribution in [2.45, 2.75) is 33.8 Å². The second kappa shape index (κ2) is 4.36. The molecule has 0 amide bonds. The molecule has 0 spiro atoms. The van der Waals surface area contributed by atoms with E-state index in [1.165, 1.54) is 11.1 Å². The quantitative estimate of drug-likeness (QED) is 0.728. The van der Waals surface area contributed by atoms with Crippen LogP contribution in [0.15, 0.2) is 24.3 Å². The first kappa shape index (κ1) is 11.9. The molecule has 17 heavy (non-hydrogen) atoms. The van der Waals surface area contributed by atoms with Gasteiger partial charge in [-0.15, -0.1) is 0 Å². The molecule has 0 aliphatic heterocycles. The number of fused-ring (bicyclic) bond motifs is 1. The Hall–Kier alpha value is -1.57. The molecule has 0 fully saturated rings. The summed E-state index contributed by atoms with van der Waals surface area (Å²) in [6, 6.07) is 6.13. The first-order valence-corrected chi connectivity index (χ1v) is 5.93. The molecule has 1 aromatic rings. The van der Waals surface area contributed by atoms with Crippen LogP contribution in [0.2, 0.25) is 0 Å². The highest BCUT2D eigenvalue weighted by Gasteiger charge is 2.23. The maximum absolute atomic E-state index is 11.7. The molecule has 0 saturated heterocycles. The molecular weight excluding hydrogens is 212 g/mol. The minimum Gasteiger partial charge on any atom is -0.460 e. The maximum Gasteiger partial charge on any atom is 0.311 e. The highest BCUT2D eigenvalue weighted by molar-refractivity contribution is 5.75. The summed E-state index contributed by atoms with van der Waals surface area (Å²) in [6.07, 6.45) is 5.20. The predicted octanol–water partition coefficient (Wildman–Crippen LogP) is 3.35. The average molecular weight is 230 g/mol. The Bertz CT molecular complexity index is 464. The summed E-state index contributed by atoms with van der Waals surface area (Å²) < 4.78 is 5.35. The van der Waals surface area contributed by atoms with Gasteiger partial charge in [0.15, 0.2) is 0 Å². The number of allylic oxidation sites excluding steroid dienone is 1. The Morgan fingerprint density at radius 3 is 2.82 bits per heavy atom. The van der Waals surface area contributed by atoms with E-state index in [-0.39, 0.29) is 5.97 Å². The molecule has 2 nitrogen and oxygen atoms in total. The zero-order valence-electron chi connectivity index (χ0n) is 10.6. The highest BCUT2D eigenvalue weighted by Crippen LogP contribution is 2.24. The topological polar surface area (TPSA) is 26.3 Å². The van der Waals surface area contributed by atoms with Crippen LogP contribution in [0.3, 0.4) is 0 Å². The Labute approximate surface area is 102 Å². The molecule has 1 aromatic carbocycles. The number of hydrogen-bond acceptors (Lipinski definition) is 2. The van der Waals surface area contributed by atoms with Crippen LogP contribution in [0.1, 0.15) is 37.5 Å². The van der Waals surface area contributed by atoms with Gasteiger partial charge in [-0.1, -0.05) is 30.4 Å². The fraction of sp³-hybridized carbons (Fsp3) is 0.400. The molecule has 0 heterocycles. The van der Waals surface area contributed by atoms with E-state index >= 15 is 0 Å². The number of benzene rings is 1. The third-order valence-electron chi connectivity index (χ3n) is 2.90. The second-order valence-corrected chi connectivity index (χ2v) is 5.42. The third-order valence-corrected chi connectivity index (χ3v) is 2.90. The van der Waals surface area contributed by atoms with E-state index in [4.69, 9.17) is 4.74 Å². The molecular formula is C15H18O2. The monoisotopic (exact) mass is 230 g/mol. The number of ether oxygens (including phenoxy) is 1. The first-order chi connectivity index (χ1) is 7.98. The largest absolute Gasteiger partial charge is 0.460 e. The fourth-order valence-corrected chi connectivity index (χ4v) is 1.86. The SMILES string of the molecule is CC(C)(C)C(=O)OCc1cccc2c1CC=C2. The zero-order chi connectivity index (χ0) is 12.5. The normalized spacial score (nSPS) is 13.6. The van der Waals surface area contributed by atoms with E-state index in [0.29, 0.717) is 6.61 Å². The van der Waals surface area contributed by atoms with Crippen molar-refractivity contribution >= 4 is 12.0 Å². The molecule has 0 N–H and O–H groups in total. The Kier molecular flexibility index (Phi) is 3.05. The number of esters is 1. The minimum atomic E-state index is -0.434. The third kappa shape index (κ3) is 2.57. The molecule has 90 valence electrons. The number of carbonyl (C=O) groups excluding carboxylic acids is 1. The van der Waals surface area contributed by atoms with E-state index in [1.807, 2.05) is 32.9 Å². The lowest BCUT2D eigenvalue weighted by atomic mass is 9.97. The van der Waals surface area contributed by atoms with Crippen LogP contribution in [0.25, 0.3) is 6.08 Å². The van der Waals surface area contributed by atoms with Crippen molar-refractivity contribution in [1.29, 1.82) is 0 Å². The molecule has 0 bridgehead atoms. The molecule has 1 aliphatic carbocycles. The van der Waals surface area contributed by atoms with Crippen LogP contribution in [-0.4, -0.2) is 5.97 Å². The lowest BCUT2D eigenvalue weighted by Crippen LogP contribution is -2.22. The van der Waals surface area contributed by atoms with E-state index in [1.54, 1.807) is 0 Å². The summed E-state index contributed by atoms with van der Waals surface area (Å²) in [4.78, 5) is 11.7. The minimum absolute atomic E-state index is 0.152. The van der Waals surface area contributed by atoms with Gasteiger partial charge in [-0.25, -0.2) is 0 Å². The second-order valence-electron chi connectivity index (χ2n) is 5.42. The summed E-state index contributed by atoms with van der Waals surface area (Å²) in [5.41, 5.74) is 3.21. The highest BCUT2D eigenvalue weighted by atomic mass is 16.5. The fourth-order valence-electron chi connectivity index (χ4n) is 1.86. The predicted molar refractivity (Wildman–Crippen MR) is 68.4 cm³/mol. The lowest BCUT2D eigenvalue weighted by molar-refractivity contribution is -0.154. The van der Waals surface area contributed by atoms with Crippen LogP contribution >= 0.6 is 0 Å². The number of rotatable bonds is 2. The van der Waals surface area contributed by atoms with Crippen molar-refractivity contribution in [2.24, 2.45) is 5.41 Å². The average Bonchev–Trinajstić information content (AvgIpc) is 2.72. The van der Waals surface area contributed by atoms with Gasteiger partial charge in [0.05, 0.1) is 5.41 Å². The summed E-state index contributed by atoms with van der Waals surface area (Å²) in [5, 5.41) is 0. The van der Waals surface area contributed by atoms with Crippen LogP contribution in [0, 0.1) is 5.41 Å². The molecule has 0 aromatic heterocycles. The maximum atomic E-state index is 11.7. The summed E-state index contributed by atoms with van der Waals surface area (Å²) in [7, 11) is 0. The van der Waals surface area contributed by atoms with Gasteiger partial charge < -0.3 is 4.74 Å². The smallest absolute Gasteiger partial charge is 0.311 e. The number of hydrogen-bond donors (Lipinski definition) is 0. The summed E-state index contributed by atoms with van der Waals surface area (Å²) in [6.45, 7) is 5.98. The zero-order valence-corrected chi connectivity index (χ0v) is 10.6. The standard InChI is InChI=1S/C15H18O2/c1-15(2,3)14(16)17-10-12-8-4-6-11-7-5-9-13(11)12/h4-8H,9-10H2,1-3H3. The van der Waals surface area contributed by atoms with Gasteiger partial charge in [0.25, 0.3) is 0 Å². The van der Waals surface area contributed by atoms with Gasteiger partial charge in [-0.05, 0) is 43.9 Å². The molecule has 0 atom stereocenters. The van der Waals surface area contributed by atoms with Gasteiger partial charge in [0.1, 0.15) is 6.61 Å². The van der Waals surface area contributed by atoms with Crippen molar-refractivity contribution in [1.82, 2.24) is 0 Å². The molecule has 0 radical (unpaired) electrons. The van der Waals surface area contributed by atoms with E-state index in [0.717, 1.165) is 12.0 Å². The Morgan fingerprint density at radius 1 is 1.35 bits per heavy atom. The van der Waals surface area contributed by atoms with Crippen LogP contribution < -0.4 is 0 Å². The van der Waals surface area contributed by atoms with E-state index in [2.05, 4.69) is 18.2 Å². The molecule has 2 rings (SSSR count). The van der Waals surface area contributed by atoms with Crippen molar-refractivity contribution < 1.29 is 9.53 Å². The van der Waals surface area contributed by atoms with Crippen LogP contribution in [0.5, 0.6) is 0 Å². The molecule has 0 saturated carbocycles. The molecule has 2 heteroatoms. The van der Waals surface area contributed by atoms with Gasteiger partial charge in [-0.3, -0.25) is 4.79 Å². The van der Waals surface area contributed by atoms with E-state index in [9.17, 15) is 4.79 Å². The Morgan fingerprint density at radius 2 is 2.12 bits per heavy atom. The van der Waals surface area contributed by atoms with Crippen LogP contribution in [0.4, 0.5) is 0 Å². The summed E-state index contributed by atoms with van der Waals surface area (Å²) >= 11 is 0. The lowest BCUT2D eigenvalue weighted by Gasteiger charge is -2.17. The van der Waals surface area contributed by atoms with Crippen molar-refractivity contribution in [3.05, 3.63) is 41.0 Å². The first-order valence-electron chi connectivity index (χ1n) is 5.93. The van der Waals surface area contributed by atoms with Gasteiger partial charge in [-0.2, -0.15) is 0 Å². The number of carbonyl (C=O) groups is 1. The van der Waals surface area contributed by atoms with Crippen molar-refractivity contribution in [3.63, 3.8) is 0 Å². The van der Waals surface area contributed by atoms with E-state index < -0.39 is 5.41 Å². The molecule has 0 unspecified atom stereocenters. The van der Waals surface area contributed by atoms with Gasteiger partial charge in [0.2, 0.25) is 0 Å². The van der Waals surface area contributed by atoms with Crippen LogP contribution in [-0.2, 0) is 22.6 Å². The molecule has 1 aliphatic rings.